The van der Waals surface area contributed by atoms with Gasteiger partial charge in [0.05, 0.1) is 5.69 Å². The van der Waals surface area contributed by atoms with E-state index in [-0.39, 0.29) is 5.91 Å². The molecule has 0 spiro atoms. The van der Waals surface area contributed by atoms with E-state index in [0.29, 0.717) is 17.3 Å². The highest BCUT2D eigenvalue weighted by Crippen LogP contribution is 2.17. The van der Waals surface area contributed by atoms with Crippen molar-refractivity contribution in [1.82, 2.24) is 19.7 Å². The third-order valence-electron chi connectivity index (χ3n) is 3.61. The smallest absolute Gasteiger partial charge is 0.256 e. The second kappa shape index (κ2) is 6.72. The van der Waals surface area contributed by atoms with Crippen LogP contribution in [0.1, 0.15) is 27.4 Å². The van der Waals surface area contributed by atoms with Gasteiger partial charge in [0.2, 0.25) is 5.95 Å². The van der Waals surface area contributed by atoms with Gasteiger partial charge in [0.1, 0.15) is 5.82 Å². The van der Waals surface area contributed by atoms with Crippen molar-refractivity contribution in [1.29, 1.82) is 0 Å². The zero-order chi connectivity index (χ0) is 18.0. The van der Waals surface area contributed by atoms with Crippen molar-refractivity contribution in [2.45, 2.75) is 20.8 Å². The number of rotatable bonds is 4. The maximum atomic E-state index is 12.5. The predicted octanol–water partition coefficient (Wildman–Crippen LogP) is 3.13. The number of nitrogens with one attached hydrogen (secondary N) is 2. The molecule has 128 valence electrons. The lowest BCUT2D eigenvalue weighted by atomic mass is 10.2. The van der Waals surface area contributed by atoms with Crippen molar-refractivity contribution in [2.75, 3.05) is 10.6 Å². The summed E-state index contributed by atoms with van der Waals surface area (Å²) in [6.07, 6.45) is 0. The standard InChI is InChI=1S/C18H20N6O/c1-11-8-12(2)20-18(19-11)21-15-7-5-6-14(10-15)17(25)22-16-9-13(3)23-24(16)4/h5-10H,1-4H3,(H,22,25)(H,19,20,21). The quantitative estimate of drug-likeness (QED) is 0.764. The summed E-state index contributed by atoms with van der Waals surface area (Å²) in [7, 11) is 1.79. The SMILES string of the molecule is Cc1cc(C)nc(Nc2cccc(C(=O)Nc3cc(C)nn3C)c2)n1. The van der Waals surface area contributed by atoms with Gasteiger partial charge in [-0.25, -0.2) is 9.97 Å². The fourth-order valence-electron chi connectivity index (χ4n) is 2.57. The molecule has 3 rings (SSSR count). The van der Waals surface area contributed by atoms with Crippen LogP contribution in [0.25, 0.3) is 0 Å². The number of hydrogen-bond donors (Lipinski definition) is 2. The Kier molecular flexibility index (Phi) is 4.47. The molecule has 0 aliphatic rings. The van der Waals surface area contributed by atoms with Crippen molar-refractivity contribution < 1.29 is 4.79 Å². The first-order valence-corrected chi connectivity index (χ1v) is 7.92. The van der Waals surface area contributed by atoms with Crippen LogP contribution in [0.15, 0.2) is 36.4 Å². The second-order valence-corrected chi connectivity index (χ2v) is 5.93. The average Bonchev–Trinajstić information content (AvgIpc) is 2.84. The summed E-state index contributed by atoms with van der Waals surface area (Å²) in [5, 5.41) is 10.2. The number of carbonyl (C=O) groups excluding carboxylic acids is 1. The first kappa shape index (κ1) is 16.6. The van der Waals surface area contributed by atoms with Gasteiger partial charge in [0.25, 0.3) is 5.91 Å². The van der Waals surface area contributed by atoms with Crippen molar-refractivity contribution in [3.05, 3.63) is 59.0 Å². The summed E-state index contributed by atoms with van der Waals surface area (Å²) >= 11 is 0. The molecule has 0 saturated carbocycles. The Labute approximate surface area is 146 Å². The van der Waals surface area contributed by atoms with Gasteiger partial charge in [-0.2, -0.15) is 5.10 Å². The van der Waals surface area contributed by atoms with E-state index < -0.39 is 0 Å². The first-order valence-electron chi connectivity index (χ1n) is 7.92. The predicted molar refractivity (Wildman–Crippen MR) is 97.1 cm³/mol. The Morgan fingerprint density at radius 3 is 2.36 bits per heavy atom. The molecule has 7 nitrogen and oxygen atoms in total. The van der Waals surface area contributed by atoms with E-state index in [2.05, 4.69) is 25.7 Å². The zero-order valence-corrected chi connectivity index (χ0v) is 14.7. The van der Waals surface area contributed by atoms with Gasteiger partial charge in [-0.3, -0.25) is 9.48 Å². The molecule has 0 aliphatic carbocycles. The highest BCUT2D eigenvalue weighted by atomic mass is 16.1. The van der Waals surface area contributed by atoms with E-state index in [9.17, 15) is 4.79 Å². The van der Waals surface area contributed by atoms with Crippen LogP contribution in [-0.4, -0.2) is 25.7 Å². The lowest BCUT2D eigenvalue weighted by molar-refractivity contribution is 0.102. The molecule has 0 radical (unpaired) electrons. The minimum atomic E-state index is -0.201. The van der Waals surface area contributed by atoms with Crippen LogP contribution in [0.5, 0.6) is 0 Å². The minimum absolute atomic E-state index is 0.201. The van der Waals surface area contributed by atoms with E-state index >= 15 is 0 Å². The lowest BCUT2D eigenvalue weighted by Gasteiger charge is -2.09. The third-order valence-corrected chi connectivity index (χ3v) is 3.61. The molecule has 0 fully saturated rings. The normalized spacial score (nSPS) is 10.6. The third kappa shape index (κ3) is 4.00. The molecule has 0 atom stereocenters. The van der Waals surface area contributed by atoms with Crippen LogP contribution in [0.3, 0.4) is 0 Å². The Balaban J connectivity index is 1.78. The summed E-state index contributed by atoms with van der Waals surface area (Å²) in [5.74, 6) is 0.962. The number of nitrogens with zero attached hydrogens (tertiary/aromatic N) is 4. The fraction of sp³-hybridized carbons (Fsp3) is 0.222. The summed E-state index contributed by atoms with van der Waals surface area (Å²) in [4.78, 5) is 21.2. The van der Waals surface area contributed by atoms with Crippen molar-refractivity contribution >= 4 is 23.4 Å². The van der Waals surface area contributed by atoms with Gasteiger partial charge in [-0.15, -0.1) is 0 Å². The van der Waals surface area contributed by atoms with Crippen LogP contribution < -0.4 is 10.6 Å². The number of hydrogen-bond acceptors (Lipinski definition) is 5. The second-order valence-electron chi connectivity index (χ2n) is 5.93. The topological polar surface area (TPSA) is 84.7 Å². The fourth-order valence-corrected chi connectivity index (χ4v) is 2.57. The number of aryl methyl sites for hydroxylation is 4. The molecule has 2 N–H and O–H groups in total. The molecule has 25 heavy (non-hydrogen) atoms. The molecular weight excluding hydrogens is 316 g/mol. The molecule has 1 aromatic carbocycles. The Hall–Kier alpha value is -3.22. The number of aromatic nitrogens is 4. The molecule has 0 bridgehead atoms. The molecule has 0 saturated heterocycles. The maximum absolute atomic E-state index is 12.5. The molecule has 3 aromatic rings. The van der Waals surface area contributed by atoms with Crippen molar-refractivity contribution in [3.63, 3.8) is 0 Å². The molecular formula is C18H20N6O. The summed E-state index contributed by atoms with van der Waals surface area (Å²) < 4.78 is 1.64. The Morgan fingerprint density at radius 1 is 1.00 bits per heavy atom. The molecule has 7 heteroatoms. The monoisotopic (exact) mass is 336 g/mol. The molecule has 2 aromatic heterocycles. The van der Waals surface area contributed by atoms with Crippen molar-refractivity contribution in [3.8, 4) is 0 Å². The maximum Gasteiger partial charge on any atom is 0.256 e. The Bertz CT molecular complexity index is 911. The van der Waals surface area contributed by atoms with Gasteiger partial charge < -0.3 is 10.6 Å². The molecule has 2 heterocycles. The van der Waals surface area contributed by atoms with Gasteiger partial charge in [-0.1, -0.05) is 6.07 Å². The van der Waals surface area contributed by atoms with Gasteiger partial charge in [-0.05, 0) is 45.0 Å². The van der Waals surface area contributed by atoms with E-state index in [1.807, 2.05) is 45.0 Å². The van der Waals surface area contributed by atoms with Crippen LogP contribution in [0.2, 0.25) is 0 Å². The van der Waals surface area contributed by atoms with Crippen LogP contribution in [0, 0.1) is 20.8 Å². The van der Waals surface area contributed by atoms with E-state index in [1.165, 1.54) is 0 Å². The lowest BCUT2D eigenvalue weighted by Crippen LogP contribution is -2.14. The van der Waals surface area contributed by atoms with E-state index in [1.54, 1.807) is 23.9 Å². The number of anilines is 3. The number of carbonyl (C=O) groups is 1. The molecule has 1 amide bonds. The molecule has 0 aliphatic heterocycles. The van der Waals surface area contributed by atoms with Crippen LogP contribution >= 0.6 is 0 Å². The Morgan fingerprint density at radius 2 is 1.72 bits per heavy atom. The minimum Gasteiger partial charge on any atom is -0.324 e. The average molecular weight is 336 g/mol. The highest BCUT2D eigenvalue weighted by Gasteiger charge is 2.10. The van der Waals surface area contributed by atoms with Crippen LogP contribution in [0.4, 0.5) is 17.5 Å². The molecule has 0 unspecified atom stereocenters. The van der Waals surface area contributed by atoms with E-state index in [0.717, 1.165) is 22.8 Å². The zero-order valence-electron chi connectivity index (χ0n) is 14.7. The first-order chi connectivity index (χ1) is 11.9. The number of benzene rings is 1. The van der Waals surface area contributed by atoms with Gasteiger partial charge >= 0.3 is 0 Å². The summed E-state index contributed by atoms with van der Waals surface area (Å²) in [6, 6.07) is 10.9. The summed E-state index contributed by atoms with van der Waals surface area (Å²) in [5.41, 5.74) is 3.90. The summed E-state index contributed by atoms with van der Waals surface area (Å²) in [6.45, 7) is 5.71. The highest BCUT2D eigenvalue weighted by molar-refractivity contribution is 6.04. The number of amides is 1. The van der Waals surface area contributed by atoms with Crippen molar-refractivity contribution in [2.24, 2.45) is 7.05 Å². The van der Waals surface area contributed by atoms with Crippen LogP contribution in [-0.2, 0) is 7.05 Å². The van der Waals surface area contributed by atoms with Gasteiger partial charge in [0.15, 0.2) is 0 Å². The van der Waals surface area contributed by atoms with E-state index in [4.69, 9.17) is 0 Å². The van der Waals surface area contributed by atoms with Gasteiger partial charge in [0, 0.05) is 35.8 Å². The largest absolute Gasteiger partial charge is 0.324 e.